The van der Waals surface area contributed by atoms with Gasteiger partial charge in [-0.2, -0.15) is 0 Å². The summed E-state index contributed by atoms with van der Waals surface area (Å²) in [5.41, 5.74) is 2.47. The fourth-order valence-electron chi connectivity index (χ4n) is 3.79. The maximum absolute atomic E-state index is 2.24. The van der Waals surface area contributed by atoms with Gasteiger partial charge in [-0.1, -0.05) is 109 Å². The highest BCUT2D eigenvalue weighted by Crippen LogP contribution is 2.34. The summed E-state index contributed by atoms with van der Waals surface area (Å²) < 4.78 is 0. The average Bonchev–Trinajstić information content (AvgIpc) is 2.72. The molecule has 0 aliphatic heterocycles. The third kappa shape index (κ3) is 2.48. The second-order valence-electron chi connectivity index (χ2n) is 6.64. The predicted molar refractivity (Wildman–Crippen MR) is 114 cm³/mol. The van der Waals surface area contributed by atoms with Gasteiger partial charge in [-0.3, -0.25) is 0 Å². The molecule has 122 valence electrons. The number of fused-ring (bicyclic) bond motifs is 5. The van der Waals surface area contributed by atoms with Crippen molar-refractivity contribution < 1.29 is 0 Å². The molecule has 0 nitrogen and oxygen atoms in total. The molecule has 0 radical (unpaired) electrons. The summed E-state index contributed by atoms with van der Waals surface area (Å²) in [5, 5.41) is 7.84. The van der Waals surface area contributed by atoms with E-state index in [0.717, 1.165) is 0 Å². The molecule has 0 spiro atoms. The molecule has 0 aliphatic rings. The Kier molecular flexibility index (Phi) is 3.54. The van der Waals surface area contributed by atoms with Gasteiger partial charge in [0.1, 0.15) is 0 Å². The van der Waals surface area contributed by atoms with Crippen LogP contribution in [0.1, 0.15) is 11.1 Å². The van der Waals surface area contributed by atoms with Crippen LogP contribution in [-0.4, -0.2) is 0 Å². The highest BCUT2D eigenvalue weighted by Gasteiger charge is 2.07. The standard InChI is InChI=1S/C26H18/c1-2-7-19(8-3-1)13-14-21-10-6-11-22-17-18-23-16-15-20-9-4-5-12-24(20)26(23)25(21)22/h1-18H. The SMILES string of the molecule is C(=Cc1cccc2ccc3ccc4ccccc4c3c12)c1ccccc1. The molecule has 0 aliphatic carbocycles. The Morgan fingerprint density at radius 2 is 1.08 bits per heavy atom. The Labute approximate surface area is 153 Å². The lowest BCUT2D eigenvalue weighted by atomic mass is 9.93. The van der Waals surface area contributed by atoms with Gasteiger partial charge in [0.25, 0.3) is 0 Å². The van der Waals surface area contributed by atoms with Crippen molar-refractivity contribution in [3.8, 4) is 0 Å². The number of hydrogen-bond acceptors (Lipinski definition) is 0. The maximum Gasteiger partial charge on any atom is -0.00208 e. The molecule has 0 fully saturated rings. The third-order valence-corrected chi connectivity index (χ3v) is 5.04. The van der Waals surface area contributed by atoms with E-state index in [1.54, 1.807) is 0 Å². The van der Waals surface area contributed by atoms with Crippen LogP contribution in [0.25, 0.3) is 44.5 Å². The summed E-state index contributed by atoms with van der Waals surface area (Å²) in [5.74, 6) is 0. The van der Waals surface area contributed by atoms with E-state index in [0.29, 0.717) is 0 Å². The number of benzene rings is 5. The van der Waals surface area contributed by atoms with Crippen molar-refractivity contribution in [1.29, 1.82) is 0 Å². The Hall–Kier alpha value is -3.38. The van der Waals surface area contributed by atoms with E-state index < -0.39 is 0 Å². The molecule has 0 unspecified atom stereocenters. The number of hydrogen-bond donors (Lipinski definition) is 0. The van der Waals surface area contributed by atoms with Gasteiger partial charge in [-0.25, -0.2) is 0 Å². The molecule has 5 rings (SSSR count). The summed E-state index contributed by atoms with van der Waals surface area (Å²) in [4.78, 5) is 0. The monoisotopic (exact) mass is 330 g/mol. The molecular formula is C26H18. The van der Waals surface area contributed by atoms with Crippen molar-refractivity contribution in [3.05, 3.63) is 108 Å². The molecule has 0 atom stereocenters. The van der Waals surface area contributed by atoms with Crippen LogP contribution < -0.4 is 0 Å². The quantitative estimate of drug-likeness (QED) is 0.235. The summed E-state index contributed by atoms with van der Waals surface area (Å²) in [6.45, 7) is 0. The molecule has 26 heavy (non-hydrogen) atoms. The zero-order valence-electron chi connectivity index (χ0n) is 14.4. The maximum atomic E-state index is 2.24. The van der Waals surface area contributed by atoms with E-state index in [2.05, 4.69) is 109 Å². The first-order valence-electron chi connectivity index (χ1n) is 8.96. The largest absolute Gasteiger partial charge is 0.0622 e. The first kappa shape index (κ1) is 14.9. The van der Waals surface area contributed by atoms with Crippen LogP contribution in [0.15, 0.2) is 97.1 Å². The summed E-state index contributed by atoms with van der Waals surface area (Å²) in [6.07, 6.45) is 4.43. The second-order valence-corrected chi connectivity index (χ2v) is 6.64. The van der Waals surface area contributed by atoms with Crippen LogP contribution in [0.3, 0.4) is 0 Å². The molecule has 0 aromatic heterocycles. The molecule has 5 aromatic carbocycles. The first-order valence-corrected chi connectivity index (χ1v) is 8.96. The van der Waals surface area contributed by atoms with Crippen LogP contribution in [0.2, 0.25) is 0 Å². The topological polar surface area (TPSA) is 0 Å². The van der Waals surface area contributed by atoms with Gasteiger partial charge in [0.15, 0.2) is 0 Å². The molecule has 0 heteroatoms. The van der Waals surface area contributed by atoms with Crippen LogP contribution in [-0.2, 0) is 0 Å². The Bertz CT molecular complexity index is 1260. The third-order valence-electron chi connectivity index (χ3n) is 5.04. The lowest BCUT2D eigenvalue weighted by Crippen LogP contribution is -1.84. The summed E-state index contributed by atoms with van der Waals surface area (Å²) in [7, 11) is 0. The molecular weight excluding hydrogens is 312 g/mol. The van der Waals surface area contributed by atoms with Crippen molar-refractivity contribution in [2.45, 2.75) is 0 Å². The van der Waals surface area contributed by atoms with E-state index in [1.165, 1.54) is 43.4 Å². The fraction of sp³-hybridized carbons (Fsp3) is 0. The lowest BCUT2D eigenvalue weighted by Gasteiger charge is -2.10. The minimum absolute atomic E-state index is 1.22. The summed E-state index contributed by atoms with van der Waals surface area (Å²) in [6, 6.07) is 34.6. The molecule has 0 amide bonds. The van der Waals surface area contributed by atoms with Gasteiger partial charge in [-0.15, -0.1) is 0 Å². The van der Waals surface area contributed by atoms with Gasteiger partial charge in [0.2, 0.25) is 0 Å². The van der Waals surface area contributed by atoms with Crippen LogP contribution in [0.5, 0.6) is 0 Å². The normalized spacial score (nSPS) is 11.7. The zero-order valence-corrected chi connectivity index (χ0v) is 14.4. The van der Waals surface area contributed by atoms with Crippen LogP contribution >= 0.6 is 0 Å². The van der Waals surface area contributed by atoms with Crippen LogP contribution in [0, 0.1) is 0 Å². The highest BCUT2D eigenvalue weighted by molar-refractivity contribution is 6.22. The van der Waals surface area contributed by atoms with Crippen molar-refractivity contribution in [2.24, 2.45) is 0 Å². The second kappa shape index (κ2) is 6.16. The Morgan fingerprint density at radius 1 is 0.423 bits per heavy atom. The molecule has 0 bridgehead atoms. The van der Waals surface area contributed by atoms with E-state index in [9.17, 15) is 0 Å². The van der Waals surface area contributed by atoms with E-state index >= 15 is 0 Å². The zero-order chi connectivity index (χ0) is 17.3. The van der Waals surface area contributed by atoms with Crippen LogP contribution in [0.4, 0.5) is 0 Å². The van der Waals surface area contributed by atoms with Crippen molar-refractivity contribution >= 4 is 44.5 Å². The van der Waals surface area contributed by atoms with Crippen molar-refractivity contribution in [2.75, 3.05) is 0 Å². The van der Waals surface area contributed by atoms with Gasteiger partial charge in [0.05, 0.1) is 0 Å². The molecule has 0 saturated heterocycles. The molecule has 0 heterocycles. The average molecular weight is 330 g/mol. The highest BCUT2D eigenvalue weighted by atomic mass is 14.1. The van der Waals surface area contributed by atoms with Gasteiger partial charge in [0, 0.05) is 0 Å². The van der Waals surface area contributed by atoms with E-state index in [1.807, 2.05) is 0 Å². The minimum atomic E-state index is 1.22. The van der Waals surface area contributed by atoms with Gasteiger partial charge in [-0.05, 0) is 43.4 Å². The summed E-state index contributed by atoms with van der Waals surface area (Å²) >= 11 is 0. The molecule has 0 saturated carbocycles. The smallest absolute Gasteiger partial charge is 0.00208 e. The fourth-order valence-corrected chi connectivity index (χ4v) is 3.79. The van der Waals surface area contributed by atoms with Gasteiger partial charge >= 0.3 is 0 Å². The predicted octanol–water partition coefficient (Wildman–Crippen LogP) is 7.32. The Morgan fingerprint density at radius 3 is 1.92 bits per heavy atom. The van der Waals surface area contributed by atoms with E-state index in [4.69, 9.17) is 0 Å². The molecule has 5 aromatic rings. The minimum Gasteiger partial charge on any atom is -0.0622 e. The lowest BCUT2D eigenvalue weighted by molar-refractivity contribution is 1.66. The first-order chi connectivity index (χ1) is 12.9. The molecule has 0 N–H and O–H groups in total. The van der Waals surface area contributed by atoms with Crippen molar-refractivity contribution in [1.82, 2.24) is 0 Å². The van der Waals surface area contributed by atoms with Gasteiger partial charge < -0.3 is 0 Å². The van der Waals surface area contributed by atoms with E-state index in [-0.39, 0.29) is 0 Å². The van der Waals surface area contributed by atoms with Crippen molar-refractivity contribution in [3.63, 3.8) is 0 Å². The number of rotatable bonds is 2. The Balaban J connectivity index is 1.85.